The van der Waals surface area contributed by atoms with Crippen LogP contribution in [0.15, 0.2) is 6.07 Å². The van der Waals surface area contributed by atoms with Gasteiger partial charge in [-0.2, -0.15) is 5.10 Å². The molecule has 0 bridgehead atoms. The zero-order valence-electron chi connectivity index (χ0n) is 13.6. The number of carbonyl (C=O) groups excluding carboxylic acids is 1. The number of amides is 1. The maximum atomic E-state index is 12.7. The molecule has 1 aliphatic rings. The number of ether oxygens (including phenoxy) is 1. The summed E-state index contributed by atoms with van der Waals surface area (Å²) in [4.78, 5) is 12.3. The quantitative estimate of drug-likeness (QED) is 0.765. The molecule has 8 nitrogen and oxygen atoms in total. The monoisotopic (exact) mass is 366 g/mol. The molecule has 2 rings (SSSR count). The van der Waals surface area contributed by atoms with Gasteiger partial charge in [-0.25, -0.2) is 21.5 Å². The van der Waals surface area contributed by atoms with Crippen LogP contribution in [0.2, 0.25) is 0 Å². The number of sulfonamides is 1. The molecule has 0 aromatic carbocycles. The molecule has 1 aromatic heterocycles. The fraction of sp³-hybridized carbons (Fsp3) is 0.692. The normalized spacial score (nSPS) is 21.6. The highest BCUT2D eigenvalue weighted by Gasteiger charge is 2.34. The Hall–Kier alpha value is -1.59. The number of aryl methyl sites for hydroxylation is 1. The third-order valence-corrected chi connectivity index (χ3v) is 5.81. The molecule has 1 aromatic rings. The van der Waals surface area contributed by atoms with Crippen LogP contribution in [0.1, 0.15) is 22.6 Å². The summed E-state index contributed by atoms with van der Waals surface area (Å²) in [5, 5.41) is 6.23. The van der Waals surface area contributed by atoms with Crippen molar-refractivity contribution in [2.75, 3.05) is 33.1 Å². The van der Waals surface area contributed by atoms with Crippen molar-refractivity contribution in [3.8, 4) is 0 Å². The van der Waals surface area contributed by atoms with Crippen molar-refractivity contribution in [3.63, 3.8) is 0 Å². The summed E-state index contributed by atoms with van der Waals surface area (Å²) in [6.07, 6.45) is -2.77. The predicted octanol–water partition coefficient (Wildman–Crippen LogP) is -0.00610. The van der Waals surface area contributed by atoms with E-state index in [4.69, 9.17) is 4.74 Å². The van der Waals surface area contributed by atoms with E-state index in [-0.39, 0.29) is 24.7 Å². The Morgan fingerprint density at radius 3 is 2.71 bits per heavy atom. The van der Waals surface area contributed by atoms with Crippen LogP contribution in [-0.4, -0.2) is 67.5 Å². The second-order valence-electron chi connectivity index (χ2n) is 5.82. The first-order valence-corrected chi connectivity index (χ1v) is 8.83. The summed E-state index contributed by atoms with van der Waals surface area (Å²) in [7, 11) is 0.805. The fourth-order valence-corrected chi connectivity index (χ4v) is 3.56. The van der Waals surface area contributed by atoms with Gasteiger partial charge in [0.25, 0.3) is 12.3 Å². The first kappa shape index (κ1) is 18.7. The zero-order chi connectivity index (χ0) is 18.1. The van der Waals surface area contributed by atoms with Gasteiger partial charge in [0.15, 0.2) is 0 Å². The third-order valence-electron chi connectivity index (χ3n) is 3.85. The van der Waals surface area contributed by atoms with Gasteiger partial charge < -0.3 is 10.1 Å². The molecule has 2 heterocycles. The van der Waals surface area contributed by atoms with Crippen molar-refractivity contribution in [2.45, 2.75) is 12.5 Å². The molecule has 0 radical (unpaired) electrons. The van der Waals surface area contributed by atoms with Crippen molar-refractivity contribution in [2.24, 2.45) is 13.0 Å². The molecule has 0 aliphatic carbocycles. The summed E-state index contributed by atoms with van der Waals surface area (Å²) in [6, 6.07) is 0.499. The van der Waals surface area contributed by atoms with Gasteiger partial charge in [0.05, 0.1) is 25.0 Å². The minimum absolute atomic E-state index is 0.0218. The van der Waals surface area contributed by atoms with Crippen LogP contribution in [0.25, 0.3) is 0 Å². The Kier molecular flexibility index (Phi) is 5.56. The molecule has 1 saturated heterocycles. The van der Waals surface area contributed by atoms with Gasteiger partial charge in [-0.15, -0.1) is 0 Å². The van der Waals surface area contributed by atoms with Crippen molar-refractivity contribution in [1.82, 2.24) is 19.4 Å². The summed E-state index contributed by atoms with van der Waals surface area (Å²) in [6.45, 7) is 0.366. The number of alkyl halides is 2. The summed E-state index contributed by atoms with van der Waals surface area (Å²) in [5.74, 6) is -1.18. The largest absolute Gasteiger partial charge is 0.379 e. The number of nitrogens with zero attached hydrogens (tertiary/aromatic N) is 3. The Balaban J connectivity index is 2.08. The Morgan fingerprint density at radius 1 is 1.50 bits per heavy atom. The molecule has 1 amide bonds. The smallest absolute Gasteiger partial charge is 0.282 e. The average molecular weight is 366 g/mol. The lowest BCUT2D eigenvalue weighted by Gasteiger charge is -2.21. The van der Waals surface area contributed by atoms with Gasteiger partial charge in [0, 0.05) is 27.1 Å². The van der Waals surface area contributed by atoms with Crippen LogP contribution >= 0.6 is 0 Å². The number of rotatable bonds is 6. The lowest BCUT2D eigenvalue weighted by atomic mass is 10.1. The SMILES string of the molecule is CN(C)S(=O)(=O)C[C@@H]1COC[C@H]1NC(=O)c1cc(C(F)F)nn1C. The molecule has 0 saturated carbocycles. The van der Waals surface area contributed by atoms with E-state index in [9.17, 15) is 22.0 Å². The van der Waals surface area contributed by atoms with Gasteiger partial charge in [0.2, 0.25) is 10.0 Å². The molecule has 1 N–H and O–H groups in total. The van der Waals surface area contributed by atoms with Crippen LogP contribution < -0.4 is 5.32 Å². The van der Waals surface area contributed by atoms with Crippen molar-refractivity contribution in [1.29, 1.82) is 0 Å². The van der Waals surface area contributed by atoms with Crippen LogP contribution in [0.4, 0.5) is 8.78 Å². The van der Waals surface area contributed by atoms with Crippen molar-refractivity contribution >= 4 is 15.9 Å². The number of halogens is 2. The van der Waals surface area contributed by atoms with Crippen molar-refractivity contribution in [3.05, 3.63) is 17.5 Å². The number of aromatic nitrogens is 2. The van der Waals surface area contributed by atoms with E-state index in [0.29, 0.717) is 0 Å². The van der Waals surface area contributed by atoms with Gasteiger partial charge in [-0.1, -0.05) is 0 Å². The van der Waals surface area contributed by atoms with E-state index in [2.05, 4.69) is 10.4 Å². The van der Waals surface area contributed by atoms with Crippen LogP contribution in [0, 0.1) is 5.92 Å². The maximum Gasteiger partial charge on any atom is 0.282 e. The predicted molar refractivity (Wildman–Crippen MR) is 81.2 cm³/mol. The van der Waals surface area contributed by atoms with E-state index in [1.165, 1.54) is 21.1 Å². The first-order valence-electron chi connectivity index (χ1n) is 7.22. The topological polar surface area (TPSA) is 93.5 Å². The third kappa shape index (κ3) is 4.08. The molecule has 2 atom stereocenters. The van der Waals surface area contributed by atoms with E-state index >= 15 is 0 Å². The standard InChI is InChI=1S/C13H20F2N4O4S/c1-18(2)24(21,22)7-8-5-23-6-10(8)16-13(20)11-4-9(12(14)15)17-19(11)3/h4,8,10,12H,5-7H2,1-3H3,(H,16,20)/t8-,10+/m0/s1. The minimum atomic E-state index is -3.44. The van der Waals surface area contributed by atoms with Crippen LogP contribution in [-0.2, 0) is 21.8 Å². The summed E-state index contributed by atoms with van der Waals surface area (Å²) >= 11 is 0. The summed E-state index contributed by atoms with van der Waals surface area (Å²) < 4.78 is 56.7. The van der Waals surface area contributed by atoms with Gasteiger partial charge in [0.1, 0.15) is 11.4 Å². The van der Waals surface area contributed by atoms with Gasteiger partial charge >= 0.3 is 0 Å². The molecular weight excluding hydrogens is 346 g/mol. The number of hydrogen-bond donors (Lipinski definition) is 1. The molecule has 1 fully saturated rings. The Bertz CT molecular complexity index is 705. The molecule has 136 valence electrons. The number of carbonyl (C=O) groups is 1. The fourth-order valence-electron chi connectivity index (χ4n) is 2.39. The van der Waals surface area contributed by atoms with Gasteiger partial charge in [-0.05, 0) is 6.07 Å². The van der Waals surface area contributed by atoms with Crippen LogP contribution in [0.5, 0.6) is 0 Å². The second-order valence-corrected chi connectivity index (χ2v) is 8.04. The minimum Gasteiger partial charge on any atom is -0.379 e. The first-order chi connectivity index (χ1) is 11.1. The van der Waals surface area contributed by atoms with Crippen LogP contribution in [0.3, 0.4) is 0 Å². The highest BCUT2D eigenvalue weighted by molar-refractivity contribution is 7.89. The Labute approximate surface area is 138 Å². The lowest BCUT2D eigenvalue weighted by molar-refractivity contribution is 0.0916. The van der Waals surface area contributed by atoms with E-state index in [0.717, 1.165) is 15.1 Å². The van der Waals surface area contributed by atoms with Crippen molar-refractivity contribution < 1.29 is 26.7 Å². The van der Waals surface area contributed by atoms with E-state index in [1.807, 2.05) is 0 Å². The maximum absolute atomic E-state index is 12.7. The molecule has 0 unspecified atom stereocenters. The molecule has 1 aliphatic heterocycles. The summed E-state index contributed by atoms with van der Waals surface area (Å²) in [5.41, 5.74) is -0.511. The second kappa shape index (κ2) is 7.11. The average Bonchev–Trinajstić information content (AvgIpc) is 3.05. The molecule has 24 heavy (non-hydrogen) atoms. The number of hydrogen-bond acceptors (Lipinski definition) is 5. The lowest BCUT2D eigenvalue weighted by Crippen LogP contribution is -2.44. The number of nitrogens with one attached hydrogen (secondary N) is 1. The molecule has 11 heteroatoms. The van der Waals surface area contributed by atoms with E-state index in [1.54, 1.807) is 0 Å². The highest BCUT2D eigenvalue weighted by atomic mass is 32.2. The molecule has 0 spiro atoms. The molecular formula is C13H20F2N4O4S. The highest BCUT2D eigenvalue weighted by Crippen LogP contribution is 2.20. The van der Waals surface area contributed by atoms with E-state index < -0.39 is 40.0 Å². The van der Waals surface area contributed by atoms with Gasteiger partial charge in [-0.3, -0.25) is 9.48 Å². The zero-order valence-corrected chi connectivity index (χ0v) is 14.4. The Morgan fingerprint density at radius 2 is 2.17 bits per heavy atom.